The summed E-state index contributed by atoms with van der Waals surface area (Å²) in [6, 6.07) is 3.76. The summed E-state index contributed by atoms with van der Waals surface area (Å²) < 4.78 is 4.63. The third kappa shape index (κ3) is 5.41. The normalized spacial score (nSPS) is 22.2. The van der Waals surface area contributed by atoms with Crippen LogP contribution in [-0.2, 0) is 24.7 Å². The minimum Gasteiger partial charge on any atom is -0.469 e. The van der Waals surface area contributed by atoms with Crippen LogP contribution in [0.5, 0.6) is 0 Å². The molecule has 3 rings (SSSR count). The summed E-state index contributed by atoms with van der Waals surface area (Å²) >= 11 is 0. The number of nitro groups is 1. The first-order valence-electron chi connectivity index (χ1n) is 12.1. The average molecular weight is 504 g/mol. The van der Waals surface area contributed by atoms with Crippen molar-refractivity contribution in [2.24, 2.45) is 5.92 Å². The van der Waals surface area contributed by atoms with E-state index in [2.05, 4.69) is 4.74 Å². The van der Waals surface area contributed by atoms with Crippen LogP contribution in [0, 0.1) is 16.0 Å². The highest BCUT2D eigenvalue weighted by molar-refractivity contribution is 6.07. The van der Waals surface area contributed by atoms with E-state index >= 15 is 0 Å². The molecule has 1 aromatic carbocycles. The molecule has 1 fully saturated rings. The Labute approximate surface area is 209 Å². The van der Waals surface area contributed by atoms with Crippen molar-refractivity contribution in [2.45, 2.75) is 57.1 Å². The number of rotatable bonds is 11. The van der Waals surface area contributed by atoms with E-state index in [0.29, 0.717) is 25.1 Å². The number of carbonyl (C=O) groups excluding carboxylic acids is 3. The van der Waals surface area contributed by atoms with E-state index in [4.69, 9.17) is 0 Å². The van der Waals surface area contributed by atoms with Gasteiger partial charge in [-0.15, -0.1) is 0 Å². The lowest BCUT2D eigenvalue weighted by Gasteiger charge is -2.27. The number of nitrogens with zero attached hydrogens (tertiary/aromatic N) is 3. The summed E-state index contributed by atoms with van der Waals surface area (Å²) in [4.78, 5) is 51.2. The largest absolute Gasteiger partial charge is 0.469 e. The molecule has 0 aromatic heterocycles. The first-order valence-corrected chi connectivity index (χ1v) is 12.1. The van der Waals surface area contributed by atoms with E-state index in [0.717, 1.165) is 12.8 Å². The van der Waals surface area contributed by atoms with Crippen molar-refractivity contribution < 1.29 is 34.3 Å². The Bertz CT molecular complexity index is 1040. The molecule has 196 valence electrons. The molecule has 0 spiro atoms. The summed E-state index contributed by atoms with van der Waals surface area (Å²) in [7, 11) is 1.30. The van der Waals surface area contributed by atoms with Gasteiger partial charge in [-0.3, -0.25) is 24.5 Å². The van der Waals surface area contributed by atoms with Crippen molar-refractivity contribution in [3.63, 3.8) is 0 Å². The van der Waals surface area contributed by atoms with Crippen LogP contribution in [0.25, 0.3) is 0 Å². The van der Waals surface area contributed by atoms with Crippen LogP contribution >= 0.6 is 0 Å². The molecule has 0 aliphatic carbocycles. The van der Waals surface area contributed by atoms with Crippen molar-refractivity contribution >= 4 is 29.2 Å². The lowest BCUT2D eigenvalue weighted by Crippen LogP contribution is -2.44. The molecule has 2 amide bonds. The number of hydrogen-bond donors (Lipinski definition) is 2. The Kier molecular flexibility index (Phi) is 8.80. The van der Waals surface area contributed by atoms with Crippen molar-refractivity contribution in [1.29, 1.82) is 0 Å². The van der Waals surface area contributed by atoms with Crippen LogP contribution in [0.4, 0.5) is 11.4 Å². The van der Waals surface area contributed by atoms with E-state index in [-0.39, 0.29) is 55.2 Å². The van der Waals surface area contributed by atoms with E-state index in [1.54, 1.807) is 24.0 Å². The number of aliphatic hydroxyl groups is 2. The van der Waals surface area contributed by atoms with Crippen LogP contribution < -0.4 is 4.90 Å². The number of ether oxygens (including phenoxy) is 1. The van der Waals surface area contributed by atoms with E-state index in [9.17, 15) is 34.7 Å². The van der Waals surface area contributed by atoms with Gasteiger partial charge in [0.15, 0.2) is 5.60 Å². The number of benzene rings is 1. The highest BCUT2D eigenvalue weighted by Gasteiger charge is 2.53. The van der Waals surface area contributed by atoms with Crippen LogP contribution in [0.2, 0.25) is 0 Å². The summed E-state index contributed by atoms with van der Waals surface area (Å²) in [5, 5.41) is 32.5. The van der Waals surface area contributed by atoms with Gasteiger partial charge in [0.1, 0.15) is 0 Å². The number of unbranched alkanes of at least 4 members (excludes halogenated alkanes) is 1. The lowest BCUT2D eigenvalue weighted by atomic mass is 9.82. The van der Waals surface area contributed by atoms with E-state index < -0.39 is 22.3 Å². The Morgan fingerprint density at radius 2 is 2.11 bits per heavy atom. The molecule has 3 atom stereocenters. The molecule has 0 bridgehead atoms. The fourth-order valence-corrected chi connectivity index (χ4v) is 4.90. The van der Waals surface area contributed by atoms with Gasteiger partial charge in [0.2, 0.25) is 5.91 Å². The molecule has 2 heterocycles. The average Bonchev–Trinajstić information content (AvgIpc) is 3.43. The predicted octanol–water partition coefficient (Wildman–Crippen LogP) is 2.04. The zero-order valence-corrected chi connectivity index (χ0v) is 20.6. The van der Waals surface area contributed by atoms with Gasteiger partial charge < -0.3 is 24.7 Å². The van der Waals surface area contributed by atoms with Crippen molar-refractivity contribution in [2.75, 3.05) is 31.7 Å². The number of fused-ring (bicyclic) bond motifs is 1. The van der Waals surface area contributed by atoms with Gasteiger partial charge in [0.25, 0.3) is 11.6 Å². The third-order valence-corrected chi connectivity index (χ3v) is 6.99. The molecule has 0 saturated carbocycles. The van der Waals surface area contributed by atoms with Crippen LogP contribution in [-0.4, -0.2) is 70.7 Å². The number of aliphatic hydroxyl groups excluding tert-OH is 1. The highest BCUT2D eigenvalue weighted by Crippen LogP contribution is 2.46. The third-order valence-electron chi connectivity index (χ3n) is 6.99. The van der Waals surface area contributed by atoms with Gasteiger partial charge in [0.05, 0.1) is 30.4 Å². The standard InChI is InChI=1S/C25H33N3O8/c1-17(7-5-9-22(30)26-14-6-8-19(26)16-29)25(33)20-15-18(28(34)35)11-12-21(20)27(24(25)32)13-4-3-10-23(31)36-2/h5,7,11-12,15,17,19,29,33H,3-4,6,8-10,13-14,16H2,1-2H3/b7-5+/t17-,19-,25+/m0/s1. The minimum atomic E-state index is -2.05. The first-order chi connectivity index (χ1) is 17.1. The van der Waals surface area contributed by atoms with Crippen LogP contribution in [0.1, 0.15) is 51.0 Å². The van der Waals surface area contributed by atoms with Crippen LogP contribution in [0.3, 0.4) is 0 Å². The molecular weight excluding hydrogens is 470 g/mol. The maximum atomic E-state index is 13.5. The van der Waals surface area contributed by atoms with E-state index in [1.165, 1.54) is 30.2 Å². The number of esters is 1. The van der Waals surface area contributed by atoms with Crippen LogP contribution in [0.15, 0.2) is 30.4 Å². The molecule has 11 nitrogen and oxygen atoms in total. The molecule has 2 aliphatic heterocycles. The Morgan fingerprint density at radius 1 is 1.36 bits per heavy atom. The molecule has 2 N–H and O–H groups in total. The number of likely N-dealkylation sites (tertiary alicyclic amines) is 1. The van der Waals surface area contributed by atoms with Gasteiger partial charge in [-0.25, -0.2) is 0 Å². The van der Waals surface area contributed by atoms with Crippen molar-refractivity contribution in [3.8, 4) is 0 Å². The molecule has 36 heavy (non-hydrogen) atoms. The number of methoxy groups -OCH3 is 1. The Hall–Kier alpha value is -3.31. The monoisotopic (exact) mass is 503 g/mol. The fraction of sp³-hybridized carbons (Fsp3) is 0.560. The van der Waals surface area contributed by atoms with Gasteiger partial charge in [-0.2, -0.15) is 0 Å². The number of carbonyl (C=O) groups is 3. The summed E-state index contributed by atoms with van der Waals surface area (Å²) in [6.45, 7) is 2.33. The second-order valence-electron chi connectivity index (χ2n) is 9.20. The fourth-order valence-electron chi connectivity index (χ4n) is 4.90. The minimum absolute atomic E-state index is 0.0458. The van der Waals surface area contributed by atoms with Gasteiger partial charge in [-0.1, -0.05) is 19.1 Å². The summed E-state index contributed by atoms with van der Waals surface area (Å²) in [5.74, 6) is -1.91. The zero-order valence-electron chi connectivity index (χ0n) is 20.6. The number of non-ortho nitro benzene ring substituents is 1. The Morgan fingerprint density at radius 3 is 2.78 bits per heavy atom. The number of nitro benzene ring substituents is 1. The second-order valence-corrected chi connectivity index (χ2v) is 9.20. The maximum absolute atomic E-state index is 13.5. The van der Waals surface area contributed by atoms with Crippen molar-refractivity contribution in [1.82, 2.24) is 4.90 Å². The molecule has 0 unspecified atom stereocenters. The molecule has 11 heteroatoms. The topological polar surface area (TPSA) is 151 Å². The maximum Gasteiger partial charge on any atom is 0.305 e. The quantitative estimate of drug-likeness (QED) is 0.153. The summed E-state index contributed by atoms with van der Waals surface area (Å²) in [6.07, 6.45) is 5.91. The number of hydrogen-bond acceptors (Lipinski definition) is 8. The SMILES string of the molecule is COC(=O)CCCCN1C(=O)[C@@](O)([C@@H](C)/C=C/CC(=O)N2CCC[C@H]2CO)c2cc([N+](=O)[O-])ccc21. The second kappa shape index (κ2) is 11.6. The molecule has 1 saturated heterocycles. The molecule has 1 aromatic rings. The number of amides is 2. The Balaban J connectivity index is 1.79. The van der Waals surface area contributed by atoms with Crippen molar-refractivity contribution in [3.05, 3.63) is 46.0 Å². The predicted molar refractivity (Wildman–Crippen MR) is 130 cm³/mol. The van der Waals surface area contributed by atoms with Gasteiger partial charge in [-0.05, 0) is 31.7 Å². The first kappa shape index (κ1) is 27.3. The summed E-state index contributed by atoms with van der Waals surface area (Å²) in [5.41, 5.74) is -1.78. The molecular formula is C25H33N3O8. The molecule has 2 aliphatic rings. The molecule has 0 radical (unpaired) electrons. The smallest absolute Gasteiger partial charge is 0.305 e. The zero-order chi connectivity index (χ0) is 26.5. The number of anilines is 1. The highest BCUT2D eigenvalue weighted by atomic mass is 16.6. The van der Waals surface area contributed by atoms with Gasteiger partial charge in [0, 0.05) is 49.5 Å². The van der Waals surface area contributed by atoms with Gasteiger partial charge >= 0.3 is 5.97 Å². The lowest BCUT2D eigenvalue weighted by molar-refractivity contribution is -0.385. The van der Waals surface area contributed by atoms with E-state index in [1.807, 2.05) is 0 Å².